The normalized spacial score (nSPS) is 16.7. The van der Waals surface area contributed by atoms with E-state index in [-0.39, 0.29) is 11.9 Å². The molecule has 1 aromatic heterocycles. The number of piperazine rings is 1. The number of hydrogen-bond acceptors (Lipinski definition) is 5. The second-order valence-electron chi connectivity index (χ2n) is 8.00. The van der Waals surface area contributed by atoms with Crippen LogP contribution in [0, 0.1) is 6.92 Å². The minimum Gasteiger partial charge on any atom is -0.343 e. The number of anilines is 1. The van der Waals surface area contributed by atoms with Gasteiger partial charge in [0.2, 0.25) is 5.13 Å². The molecule has 0 aliphatic carbocycles. The quantitative estimate of drug-likeness (QED) is 0.616. The van der Waals surface area contributed by atoms with E-state index in [9.17, 15) is 4.79 Å². The monoisotopic (exact) mass is 420 g/mol. The van der Waals surface area contributed by atoms with Crippen LogP contribution >= 0.6 is 11.5 Å². The molecule has 1 aliphatic heterocycles. The Morgan fingerprint density at radius 3 is 2.43 bits per heavy atom. The van der Waals surface area contributed by atoms with Crippen LogP contribution in [0.25, 0.3) is 0 Å². The van der Waals surface area contributed by atoms with E-state index in [0.29, 0.717) is 6.54 Å². The number of aryl methyl sites for hydroxylation is 2. The molecule has 4 rings (SSSR count). The van der Waals surface area contributed by atoms with Crippen molar-refractivity contribution < 1.29 is 4.79 Å². The van der Waals surface area contributed by atoms with Crippen molar-refractivity contribution in [1.82, 2.24) is 14.3 Å². The summed E-state index contributed by atoms with van der Waals surface area (Å²) in [5, 5.41) is 0.948. The zero-order valence-corrected chi connectivity index (χ0v) is 18.7. The molecule has 156 valence electrons. The highest BCUT2D eigenvalue weighted by Gasteiger charge is 2.29. The molecule has 1 atom stereocenters. The third kappa shape index (κ3) is 4.54. The molecular formula is C24H28N4OS. The molecule has 5 nitrogen and oxygen atoms in total. The SMILES string of the molecule is CCc1ccc(C(=O)N2CCN(c3nc(Cc4ccc(C)cc4)ns3)C[C@@H]2C)cc1. The highest BCUT2D eigenvalue weighted by molar-refractivity contribution is 7.09. The highest BCUT2D eigenvalue weighted by atomic mass is 32.1. The van der Waals surface area contributed by atoms with Crippen LogP contribution in [0.1, 0.15) is 46.7 Å². The number of amides is 1. The third-order valence-electron chi connectivity index (χ3n) is 5.71. The van der Waals surface area contributed by atoms with Crippen LogP contribution in [0.3, 0.4) is 0 Å². The maximum absolute atomic E-state index is 13.0. The number of carbonyl (C=O) groups is 1. The summed E-state index contributed by atoms with van der Waals surface area (Å²) in [5.41, 5.74) is 4.50. The summed E-state index contributed by atoms with van der Waals surface area (Å²) in [5.74, 6) is 0.975. The topological polar surface area (TPSA) is 49.3 Å². The van der Waals surface area contributed by atoms with Gasteiger partial charge in [0.05, 0.1) is 0 Å². The Kier molecular flexibility index (Phi) is 6.13. The minimum atomic E-state index is 0.113. The molecule has 2 aromatic carbocycles. The minimum absolute atomic E-state index is 0.113. The number of aromatic nitrogens is 2. The van der Waals surface area contributed by atoms with E-state index in [0.717, 1.165) is 42.5 Å². The van der Waals surface area contributed by atoms with Crippen molar-refractivity contribution in [2.75, 3.05) is 24.5 Å². The van der Waals surface area contributed by atoms with E-state index < -0.39 is 0 Å². The van der Waals surface area contributed by atoms with E-state index in [1.165, 1.54) is 28.2 Å². The van der Waals surface area contributed by atoms with Crippen molar-refractivity contribution in [3.63, 3.8) is 0 Å². The molecule has 1 saturated heterocycles. The van der Waals surface area contributed by atoms with Gasteiger partial charge in [0.15, 0.2) is 0 Å². The molecule has 3 aromatic rings. The molecule has 6 heteroatoms. The second kappa shape index (κ2) is 8.96. The summed E-state index contributed by atoms with van der Waals surface area (Å²) >= 11 is 1.45. The standard InChI is InChI=1S/C24H28N4OS/c1-4-19-9-11-21(12-10-19)23(29)28-14-13-27(16-18(28)3)24-25-22(26-30-24)15-20-7-5-17(2)6-8-20/h5-12,18H,4,13-16H2,1-3H3/t18-/m0/s1. The fraction of sp³-hybridized carbons (Fsp3) is 0.375. The first-order valence-corrected chi connectivity index (χ1v) is 11.3. The molecule has 2 heterocycles. The average Bonchev–Trinajstić information content (AvgIpc) is 3.23. The molecule has 0 saturated carbocycles. The summed E-state index contributed by atoms with van der Waals surface area (Å²) < 4.78 is 4.56. The van der Waals surface area contributed by atoms with Crippen molar-refractivity contribution in [3.8, 4) is 0 Å². The Morgan fingerprint density at radius 2 is 1.77 bits per heavy atom. The number of nitrogens with zero attached hydrogens (tertiary/aromatic N) is 4. The summed E-state index contributed by atoms with van der Waals surface area (Å²) in [7, 11) is 0. The molecule has 1 aliphatic rings. The maximum Gasteiger partial charge on any atom is 0.254 e. The van der Waals surface area contributed by atoms with E-state index in [1.807, 2.05) is 29.2 Å². The lowest BCUT2D eigenvalue weighted by atomic mass is 10.1. The van der Waals surface area contributed by atoms with Crippen LogP contribution in [-0.2, 0) is 12.8 Å². The lowest BCUT2D eigenvalue weighted by Gasteiger charge is -2.39. The van der Waals surface area contributed by atoms with Crippen LogP contribution in [0.2, 0.25) is 0 Å². The number of carbonyl (C=O) groups excluding carboxylic acids is 1. The fourth-order valence-corrected chi connectivity index (χ4v) is 4.54. The van der Waals surface area contributed by atoms with Gasteiger partial charge in [-0.1, -0.05) is 48.9 Å². The van der Waals surface area contributed by atoms with Crippen LogP contribution < -0.4 is 4.90 Å². The molecule has 0 N–H and O–H groups in total. The van der Waals surface area contributed by atoms with Crippen LogP contribution in [-0.4, -0.2) is 45.8 Å². The van der Waals surface area contributed by atoms with E-state index in [4.69, 9.17) is 4.98 Å². The Balaban J connectivity index is 1.38. The summed E-state index contributed by atoms with van der Waals surface area (Å²) in [6.45, 7) is 8.58. The Hall–Kier alpha value is -2.73. The first-order valence-electron chi connectivity index (χ1n) is 10.6. The van der Waals surface area contributed by atoms with Gasteiger partial charge < -0.3 is 9.80 Å². The summed E-state index contributed by atoms with van der Waals surface area (Å²) in [6, 6.07) is 16.6. The van der Waals surface area contributed by atoms with Gasteiger partial charge in [-0.15, -0.1) is 0 Å². The maximum atomic E-state index is 13.0. The predicted molar refractivity (Wildman–Crippen MR) is 122 cm³/mol. The average molecular weight is 421 g/mol. The van der Waals surface area contributed by atoms with Gasteiger partial charge in [-0.05, 0) is 43.5 Å². The highest BCUT2D eigenvalue weighted by Crippen LogP contribution is 2.23. The smallest absolute Gasteiger partial charge is 0.254 e. The molecule has 0 spiro atoms. The predicted octanol–water partition coefficient (Wildman–Crippen LogP) is 4.35. The van der Waals surface area contributed by atoms with Crippen molar-refractivity contribution in [3.05, 3.63) is 76.6 Å². The Morgan fingerprint density at radius 1 is 1.07 bits per heavy atom. The van der Waals surface area contributed by atoms with Crippen molar-refractivity contribution in [2.24, 2.45) is 0 Å². The van der Waals surface area contributed by atoms with E-state index >= 15 is 0 Å². The number of benzene rings is 2. The first kappa shape index (κ1) is 20.5. The molecule has 30 heavy (non-hydrogen) atoms. The van der Waals surface area contributed by atoms with Gasteiger partial charge in [-0.3, -0.25) is 4.79 Å². The van der Waals surface area contributed by atoms with Crippen LogP contribution in [0.5, 0.6) is 0 Å². The second-order valence-corrected chi connectivity index (χ2v) is 8.73. The lowest BCUT2D eigenvalue weighted by molar-refractivity contribution is 0.0674. The fourth-order valence-electron chi connectivity index (χ4n) is 3.82. The van der Waals surface area contributed by atoms with E-state index in [1.54, 1.807) is 0 Å². The van der Waals surface area contributed by atoms with Crippen molar-refractivity contribution in [2.45, 2.75) is 39.7 Å². The molecule has 0 radical (unpaired) electrons. The lowest BCUT2D eigenvalue weighted by Crippen LogP contribution is -2.54. The van der Waals surface area contributed by atoms with Crippen molar-refractivity contribution >= 4 is 22.6 Å². The van der Waals surface area contributed by atoms with Gasteiger partial charge in [0, 0.05) is 49.2 Å². The third-order valence-corrected chi connectivity index (χ3v) is 6.52. The van der Waals surface area contributed by atoms with Gasteiger partial charge in [-0.25, -0.2) is 4.98 Å². The number of rotatable bonds is 5. The van der Waals surface area contributed by atoms with Crippen LogP contribution in [0.15, 0.2) is 48.5 Å². The summed E-state index contributed by atoms with van der Waals surface area (Å²) in [6.07, 6.45) is 1.73. The Labute approximate surface area is 182 Å². The van der Waals surface area contributed by atoms with Crippen molar-refractivity contribution in [1.29, 1.82) is 0 Å². The molecular weight excluding hydrogens is 392 g/mol. The van der Waals surface area contributed by atoms with Crippen LogP contribution in [0.4, 0.5) is 5.13 Å². The zero-order chi connectivity index (χ0) is 21.1. The van der Waals surface area contributed by atoms with E-state index in [2.05, 4.69) is 54.3 Å². The molecule has 1 amide bonds. The number of hydrogen-bond donors (Lipinski definition) is 0. The van der Waals surface area contributed by atoms with Gasteiger partial charge in [0.25, 0.3) is 5.91 Å². The zero-order valence-electron chi connectivity index (χ0n) is 17.8. The molecule has 0 bridgehead atoms. The first-order chi connectivity index (χ1) is 14.5. The van der Waals surface area contributed by atoms with Gasteiger partial charge >= 0.3 is 0 Å². The molecule has 1 fully saturated rings. The summed E-state index contributed by atoms with van der Waals surface area (Å²) in [4.78, 5) is 22.0. The van der Waals surface area contributed by atoms with Gasteiger partial charge in [0.1, 0.15) is 5.82 Å². The van der Waals surface area contributed by atoms with Gasteiger partial charge in [-0.2, -0.15) is 4.37 Å². The molecule has 0 unspecified atom stereocenters. The Bertz CT molecular complexity index is 997. The largest absolute Gasteiger partial charge is 0.343 e.